The average Bonchev–Trinajstić information content (AvgIpc) is 2.34. The summed E-state index contributed by atoms with van der Waals surface area (Å²) in [6, 6.07) is 3.91. The van der Waals surface area contributed by atoms with E-state index in [1.165, 1.54) is 6.26 Å². The number of benzene rings is 1. The molecule has 96 valence electrons. The average molecular weight is 312 g/mol. The fourth-order valence-electron chi connectivity index (χ4n) is 1.77. The lowest BCUT2D eigenvalue weighted by atomic mass is 10.1. The number of carbonyl (C=O) groups is 1. The lowest BCUT2D eigenvalue weighted by molar-refractivity contribution is -0.117. The van der Waals surface area contributed by atoms with E-state index >= 15 is 0 Å². The maximum absolute atomic E-state index is 12.0. The Morgan fingerprint density at radius 2 is 1.94 bits per heavy atom. The van der Waals surface area contributed by atoms with Gasteiger partial charge in [0.15, 0.2) is 0 Å². The van der Waals surface area contributed by atoms with Gasteiger partial charge in [-0.1, -0.05) is 15.9 Å². The van der Waals surface area contributed by atoms with Crippen molar-refractivity contribution in [3.63, 3.8) is 0 Å². The fourth-order valence-corrected chi connectivity index (χ4v) is 2.46. The minimum atomic E-state index is -0.289. The van der Waals surface area contributed by atoms with Gasteiger partial charge >= 0.3 is 0 Å². The highest BCUT2D eigenvalue weighted by Gasteiger charge is 2.17. The molecule has 1 aliphatic rings. The van der Waals surface area contributed by atoms with E-state index in [1.54, 1.807) is 0 Å². The topological polar surface area (TPSA) is 47.6 Å². The molecule has 1 N–H and O–H groups in total. The third-order valence-corrected chi connectivity index (χ3v) is 3.07. The molecule has 18 heavy (non-hydrogen) atoms. The molecule has 0 saturated carbocycles. The van der Waals surface area contributed by atoms with Crippen molar-refractivity contribution in [1.29, 1.82) is 0 Å². The number of halogens is 1. The van der Waals surface area contributed by atoms with Crippen LogP contribution in [-0.4, -0.2) is 19.1 Å². The molecule has 0 aliphatic carbocycles. The highest BCUT2D eigenvalue weighted by molar-refractivity contribution is 9.10. The monoisotopic (exact) mass is 311 g/mol. The van der Waals surface area contributed by atoms with Gasteiger partial charge in [-0.05, 0) is 37.1 Å². The number of amides is 1. The van der Waals surface area contributed by atoms with E-state index < -0.39 is 0 Å². The van der Waals surface area contributed by atoms with E-state index in [-0.39, 0.29) is 11.7 Å². The van der Waals surface area contributed by atoms with Crippen LogP contribution in [0, 0.1) is 13.8 Å². The Kier molecular flexibility index (Phi) is 3.91. The minimum absolute atomic E-state index is 0.211. The Balaban J connectivity index is 2.19. The summed E-state index contributed by atoms with van der Waals surface area (Å²) in [4.78, 5) is 12.0. The van der Waals surface area contributed by atoms with Gasteiger partial charge in [-0.25, -0.2) is 0 Å². The number of rotatable bonds is 2. The molecular weight excluding hydrogens is 298 g/mol. The fraction of sp³-hybridized carbons (Fsp3) is 0.308. The van der Waals surface area contributed by atoms with Crippen LogP contribution in [-0.2, 0) is 14.3 Å². The summed E-state index contributed by atoms with van der Waals surface area (Å²) in [5.74, 6) is -0.0776. The van der Waals surface area contributed by atoms with Gasteiger partial charge in [0.25, 0.3) is 5.91 Å². The predicted octanol–water partition coefficient (Wildman–Crippen LogP) is 2.89. The van der Waals surface area contributed by atoms with Crippen LogP contribution in [0.4, 0.5) is 5.69 Å². The Morgan fingerprint density at radius 3 is 2.50 bits per heavy atom. The summed E-state index contributed by atoms with van der Waals surface area (Å²) in [7, 11) is 0. The van der Waals surface area contributed by atoms with Crippen molar-refractivity contribution >= 4 is 27.5 Å². The molecule has 1 heterocycles. The first-order valence-electron chi connectivity index (χ1n) is 5.60. The maximum atomic E-state index is 12.0. The Morgan fingerprint density at radius 1 is 1.28 bits per heavy atom. The van der Waals surface area contributed by atoms with Gasteiger partial charge in [-0.15, -0.1) is 0 Å². The van der Waals surface area contributed by atoms with Crippen LogP contribution in [0.1, 0.15) is 11.1 Å². The Hall–Kier alpha value is -1.49. The highest BCUT2D eigenvalue weighted by Crippen LogP contribution is 2.25. The summed E-state index contributed by atoms with van der Waals surface area (Å²) in [5.41, 5.74) is 2.79. The molecule has 0 saturated heterocycles. The molecule has 2 rings (SSSR count). The molecular formula is C13H14BrNO3. The predicted molar refractivity (Wildman–Crippen MR) is 72.2 cm³/mol. The number of anilines is 1. The second kappa shape index (κ2) is 5.44. The Labute approximate surface area is 114 Å². The SMILES string of the molecule is Cc1cc(Br)cc(C)c1NC(=O)C1=COCCO1. The van der Waals surface area contributed by atoms with Crippen molar-refractivity contribution in [2.24, 2.45) is 0 Å². The first-order chi connectivity index (χ1) is 8.58. The molecule has 0 unspecified atom stereocenters. The first kappa shape index (κ1) is 13.0. The van der Waals surface area contributed by atoms with Crippen LogP contribution >= 0.6 is 15.9 Å². The second-order valence-electron chi connectivity index (χ2n) is 4.07. The number of aryl methyl sites for hydroxylation is 2. The van der Waals surface area contributed by atoms with Crippen LogP contribution in [0.15, 0.2) is 28.6 Å². The molecule has 0 aromatic heterocycles. The lowest BCUT2D eigenvalue weighted by Crippen LogP contribution is -2.21. The molecule has 0 bridgehead atoms. The molecule has 1 aliphatic heterocycles. The van der Waals surface area contributed by atoms with Gasteiger partial charge in [0.1, 0.15) is 19.5 Å². The van der Waals surface area contributed by atoms with Gasteiger partial charge in [0, 0.05) is 10.2 Å². The lowest BCUT2D eigenvalue weighted by Gasteiger charge is -2.17. The van der Waals surface area contributed by atoms with Crippen molar-refractivity contribution < 1.29 is 14.3 Å². The van der Waals surface area contributed by atoms with Gasteiger partial charge in [-0.2, -0.15) is 0 Å². The Bertz CT molecular complexity index is 488. The van der Waals surface area contributed by atoms with Crippen LogP contribution < -0.4 is 5.32 Å². The van der Waals surface area contributed by atoms with Crippen molar-refractivity contribution in [2.75, 3.05) is 18.5 Å². The third kappa shape index (κ3) is 2.85. The van der Waals surface area contributed by atoms with E-state index in [0.717, 1.165) is 21.3 Å². The largest absolute Gasteiger partial charge is 0.494 e. The van der Waals surface area contributed by atoms with Crippen molar-refractivity contribution in [3.05, 3.63) is 39.8 Å². The highest BCUT2D eigenvalue weighted by atomic mass is 79.9. The van der Waals surface area contributed by atoms with Crippen LogP contribution in [0.25, 0.3) is 0 Å². The van der Waals surface area contributed by atoms with Crippen LogP contribution in [0.5, 0.6) is 0 Å². The van der Waals surface area contributed by atoms with Crippen molar-refractivity contribution in [1.82, 2.24) is 0 Å². The van der Waals surface area contributed by atoms with Crippen LogP contribution in [0.3, 0.4) is 0 Å². The molecule has 0 radical (unpaired) electrons. The van der Waals surface area contributed by atoms with E-state index in [9.17, 15) is 4.79 Å². The molecule has 0 fully saturated rings. The van der Waals surface area contributed by atoms with Gasteiger partial charge in [0.2, 0.25) is 5.76 Å². The summed E-state index contributed by atoms with van der Waals surface area (Å²) in [6.07, 6.45) is 1.35. The zero-order valence-corrected chi connectivity index (χ0v) is 11.8. The summed E-state index contributed by atoms with van der Waals surface area (Å²) in [5, 5.41) is 2.84. The number of ether oxygens (including phenoxy) is 2. The quantitative estimate of drug-likeness (QED) is 0.913. The normalized spacial score (nSPS) is 14.3. The first-order valence-corrected chi connectivity index (χ1v) is 6.40. The minimum Gasteiger partial charge on any atom is -0.494 e. The van der Waals surface area contributed by atoms with E-state index in [2.05, 4.69) is 21.2 Å². The molecule has 5 heteroatoms. The standard InChI is InChI=1S/C13H14BrNO3/c1-8-5-10(14)6-9(2)12(8)15-13(16)11-7-17-3-4-18-11/h5-7H,3-4H2,1-2H3,(H,15,16). The van der Waals surface area contributed by atoms with Crippen molar-refractivity contribution in [2.45, 2.75) is 13.8 Å². The second-order valence-corrected chi connectivity index (χ2v) is 4.99. The summed E-state index contributed by atoms with van der Waals surface area (Å²) in [6.45, 7) is 4.77. The molecule has 0 spiro atoms. The van der Waals surface area contributed by atoms with E-state index in [1.807, 2.05) is 26.0 Å². The molecule has 1 aromatic carbocycles. The van der Waals surface area contributed by atoms with Crippen LogP contribution in [0.2, 0.25) is 0 Å². The number of hydrogen-bond acceptors (Lipinski definition) is 3. The summed E-state index contributed by atoms with van der Waals surface area (Å²) >= 11 is 3.42. The molecule has 1 aromatic rings. The number of nitrogens with one attached hydrogen (secondary N) is 1. The van der Waals surface area contributed by atoms with Gasteiger partial charge < -0.3 is 14.8 Å². The number of carbonyl (C=O) groups excluding carboxylic acids is 1. The zero-order valence-electron chi connectivity index (χ0n) is 10.2. The van der Waals surface area contributed by atoms with E-state index in [4.69, 9.17) is 9.47 Å². The molecule has 1 amide bonds. The van der Waals surface area contributed by atoms with Gasteiger partial charge in [-0.3, -0.25) is 4.79 Å². The summed E-state index contributed by atoms with van der Waals surface area (Å²) < 4.78 is 11.3. The number of hydrogen-bond donors (Lipinski definition) is 1. The van der Waals surface area contributed by atoms with Gasteiger partial charge in [0.05, 0.1) is 0 Å². The smallest absolute Gasteiger partial charge is 0.294 e. The van der Waals surface area contributed by atoms with E-state index in [0.29, 0.717) is 13.2 Å². The zero-order chi connectivity index (χ0) is 13.1. The maximum Gasteiger partial charge on any atom is 0.294 e. The molecule has 4 nitrogen and oxygen atoms in total. The third-order valence-electron chi connectivity index (χ3n) is 2.61. The van der Waals surface area contributed by atoms with Crippen molar-refractivity contribution in [3.8, 4) is 0 Å². The molecule has 0 atom stereocenters.